The summed E-state index contributed by atoms with van der Waals surface area (Å²) in [6.45, 7) is 4.11. The fraction of sp³-hybridized carbons (Fsp3) is 0.300. The monoisotopic (exact) mass is 335 g/mol. The van der Waals surface area contributed by atoms with Crippen LogP contribution in [-0.2, 0) is 11.2 Å². The number of amides is 2. The Bertz CT molecular complexity index is 829. The Kier molecular flexibility index (Phi) is 3.92. The first-order valence-corrected chi connectivity index (χ1v) is 8.70. The maximum Gasteiger partial charge on any atom is 0.258 e. The molecular formula is C20H21N3O2. The standard InChI is InChI=1S/C20H21N3O2/c1-14(24)21-17-9-7-16(8-10-17)20(25)23-13-12-22-11-3-5-15-4-2-6-18(23)19(15)22/h2,4,6-10H,3,5,11-13H2,1H3,(H,21,24). The van der Waals surface area contributed by atoms with Crippen molar-refractivity contribution in [3.8, 4) is 0 Å². The number of carbonyl (C=O) groups is 2. The number of nitrogens with zero attached hydrogens (tertiary/aromatic N) is 2. The summed E-state index contributed by atoms with van der Waals surface area (Å²) >= 11 is 0. The van der Waals surface area contributed by atoms with E-state index in [1.807, 2.05) is 17.0 Å². The van der Waals surface area contributed by atoms with Gasteiger partial charge in [-0.25, -0.2) is 0 Å². The highest BCUT2D eigenvalue weighted by Crippen LogP contribution is 2.39. The molecule has 0 unspecified atom stereocenters. The van der Waals surface area contributed by atoms with Crippen LogP contribution in [0.4, 0.5) is 17.1 Å². The summed E-state index contributed by atoms with van der Waals surface area (Å²) < 4.78 is 0. The first-order valence-electron chi connectivity index (χ1n) is 8.70. The lowest BCUT2D eigenvalue weighted by Gasteiger charge is -2.41. The van der Waals surface area contributed by atoms with Gasteiger partial charge < -0.3 is 15.1 Å². The molecule has 0 saturated carbocycles. The van der Waals surface area contributed by atoms with Gasteiger partial charge in [-0.2, -0.15) is 0 Å². The Labute approximate surface area is 147 Å². The number of para-hydroxylation sites is 1. The van der Waals surface area contributed by atoms with Crippen LogP contribution in [0.5, 0.6) is 0 Å². The molecule has 0 radical (unpaired) electrons. The highest BCUT2D eigenvalue weighted by Gasteiger charge is 2.30. The molecule has 5 heteroatoms. The normalized spacial score (nSPS) is 15.6. The Morgan fingerprint density at radius 3 is 2.56 bits per heavy atom. The lowest BCUT2D eigenvalue weighted by molar-refractivity contribution is -0.114. The molecule has 0 saturated heterocycles. The second-order valence-electron chi connectivity index (χ2n) is 6.59. The van der Waals surface area contributed by atoms with E-state index in [0.717, 1.165) is 25.2 Å². The molecule has 2 aromatic rings. The molecule has 0 aromatic heterocycles. The van der Waals surface area contributed by atoms with Crippen molar-refractivity contribution in [1.29, 1.82) is 0 Å². The Hall–Kier alpha value is -2.82. The van der Waals surface area contributed by atoms with Crippen molar-refractivity contribution in [2.24, 2.45) is 0 Å². The number of nitrogens with one attached hydrogen (secondary N) is 1. The molecule has 1 N–H and O–H groups in total. The fourth-order valence-electron chi connectivity index (χ4n) is 3.77. The Morgan fingerprint density at radius 2 is 1.80 bits per heavy atom. The quantitative estimate of drug-likeness (QED) is 0.918. The van der Waals surface area contributed by atoms with E-state index in [9.17, 15) is 9.59 Å². The van der Waals surface area contributed by atoms with Crippen molar-refractivity contribution in [2.75, 3.05) is 34.8 Å². The molecule has 0 spiro atoms. The molecule has 2 amide bonds. The first-order chi connectivity index (χ1) is 12.1. The van der Waals surface area contributed by atoms with Gasteiger partial charge in [0.25, 0.3) is 5.91 Å². The molecule has 2 aliphatic heterocycles. The number of hydrogen-bond donors (Lipinski definition) is 1. The summed E-state index contributed by atoms with van der Waals surface area (Å²) in [5, 5.41) is 2.72. The smallest absolute Gasteiger partial charge is 0.258 e. The molecule has 128 valence electrons. The van der Waals surface area contributed by atoms with Crippen LogP contribution in [0.15, 0.2) is 42.5 Å². The first kappa shape index (κ1) is 15.7. The van der Waals surface area contributed by atoms with E-state index in [-0.39, 0.29) is 11.8 Å². The van der Waals surface area contributed by atoms with Crippen LogP contribution in [-0.4, -0.2) is 31.4 Å². The van der Waals surface area contributed by atoms with Gasteiger partial charge in [0.15, 0.2) is 0 Å². The van der Waals surface area contributed by atoms with Crippen LogP contribution in [0.1, 0.15) is 29.3 Å². The van der Waals surface area contributed by atoms with E-state index in [4.69, 9.17) is 0 Å². The van der Waals surface area contributed by atoms with Gasteiger partial charge in [-0.3, -0.25) is 9.59 Å². The second-order valence-corrected chi connectivity index (χ2v) is 6.59. The SMILES string of the molecule is CC(=O)Nc1ccc(C(=O)N2CCN3CCCc4cccc2c43)cc1. The van der Waals surface area contributed by atoms with E-state index >= 15 is 0 Å². The fourth-order valence-corrected chi connectivity index (χ4v) is 3.77. The van der Waals surface area contributed by atoms with Crippen LogP contribution < -0.4 is 15.1 Å². The lowest BCUT2D eigenvalue weighted by Crippen LogP contribution is -2.46. The molecule has 4 rings (SSSR count). The average molecular weight is 335 g/mol. The summed E-state index contributed by atoms with van der Waals surface area (Å²) in [5.74, 6) is -0.112. The van der Waals surface area contributed by atoms with Crippen LogP contribution >= 0.6 is 0 Å². The third-order valence-corrected chi connectivity index (χ3v) is 4.87. The Balaban J connectivity index is 1.64. The topological polar surface area (TPSA) is 52.7 Å². The van der Waals surface area contributed by atoms with Crippen molar-refractivity contribution >= 4 is 28.9 Å². The number of rotatable bonds is 2. The molecule has 25 heavy (non-hydrogen) atoms. The van der Waals surface area contributed by atoms with E-state index in [1.54, 1.807) is 24.3 Å². The summed E-state index contributed by atoms with van der Waals surface area (Å²) in [7, 11) is 0. The highest BCUT2D eigenvalue weighted by molar-refractivity contribution is 6.09. The van der Waals surface area contributed by atoms with Gasteiger partial charge >= 0.3 is 0 Å². The zero-order valence-corrected chi connectivity index (χ0v) is 14.3. The van der Waals surface area contributed by atoms with Gasteiger partial charge in [0.05, 0.1) is 11.4 Å². The third kappa shape index (κ3) is 2.86. The van der Waals surface area contributed by atoms with Crippen LogP contribution in [0.3, 0.4) is 0 Å². The van der Waals surface area contributed by atoms with Crippen molar-refractivity contribution < 1.29 is 9.59 Å². The predicted octanol–water partition coefficient (Wildman–Crippen LogP) is 3.06. The summed E-state index contributed by atoms with van der Waals surface area (Å²) in [6.07, 6.45) is 2.25. The molecule has 0 atom stereocenters. The maximum absolute atomic E-state index is 13.0. The maximum atomic E-state index is 13.0. The minimum Gasteiger partial charge on any atom is -0.368 e. The molecule has 0 fully saturated rings. The molecule has 0 aliphatic carbocycles. The Morgan fingerprint density at radius 1 is 1.00 bits per heavy atom. The minimum absolute atomic E-state index is 0.00741. The molecular weight excluding hydrogens is 314 g/mol. The molecule has 0 bridgehead atoms. The van der Waals surface area contributed by atoms with Crippen molar-refractivity contribution in [2.45, 2.75) is 19.8 Å². The summed E-state index contributed by atoms with van der Waals surface area (Å²) in [5.41, 5.74) is 4.91. The third-order valence-electron chi connectivity index (χ3n) is 4.87. The van der Waals surface area contributed by atoms with Gasteiger partial charge in [0.1, 0.15) is 0 Å². The van der Waals surface area contributed by atoms with E-state index < -0.39 is 0 Å². The number of hydrogen-bond acceptors (Lipinski definition) is 3. The zero-order valence-electron chi connectivity index (χ0n) is 14.3. The van der Waals surface area contributed by atoms with Crippen molar-refractivity contribution in [3.05, 3.63) is 53.6 Å². The summed E-state index contributed by atoms with van der Waals surface area (Å²) in [6, 6.07) is 13.3. The summed E-state index contributed by atoms with van der Waals surface area (Å²) in [4.78, 5) is 28.4. The van der Waals surface area contributed by atoms with Crippen LogP contribution in [0, 0.1) is 0 Å². The predicted molar refractivity (Wildman–Crippen MR) is 99.4 cm³/mol. The highest BCUT2D eigenvalue weighted by atomic mass is 16.2. The number of benzene rings is 2. The van der Waals surface area contributed by atoms with Crippen molar-refractivity contribution in [1.82, 2.24) is 0 Å². The van der Waals surface area contributed by atoms with Gasteiger partial charge in [-0.15, -0.1) is 0 Å². The van der Waals surface area contributed by atoms with Crippen LogP contribution in [0.25, 0.3) is 0 Å². The van der Waals surface area contributed by atoms with Gasteiger partial charge in [0, 0.05) is 37.8 Å². The van der Waals surface area contributed by atoms with Crippen molar-refractivity contribution in [3.63, 3.8) is 0 Å². The van der Waals surface area contributed by atoms with Gasteiger partial charge in [0.2, 0.25) is 5.91 Å². The molecule has 2 aromatic carbocycles. The van der Waals surface area contributed by atoms with Crippen LogP contribution in [0.2, 0.25) is 0 Å². The number of carbonyl (C=O) groups excluding carboxylic acids is 2. The van der Waals surface area contributed by atoms with E-state index in [0.29, 0.717) is 17.8 Å². The van der Waals surface area contributed by atoms with Gasteiger partial charge in [-0.1, -0.05) is 12.1 Å². The van der Waals surface area contributed by atoms with E-state index in [1.165, 1.54) is 24.6 Å². The number of anilines is 3. The zero-order chi connectivity index (χ0) is 17.4. The average Bonchev–Trinajstić information content (AvgIpc) is 2.62. The second kappa shape index (κ2) is 6.24. The largest absolute Gasteiger partial charge is 0.368 e. The van der Waals surface area contributed by atoms with Gasteiger partial charge in [-0.05, 0) is 48.7 Å². The lowest BCUT2D eigenvalue weighted by atomic mass is 9.97. The molecule has 5 nitrogen and oxygen atoms in total. The number of aryl methyl sites for hydroxylation is 1. The minimum atomic E-state index is -0.119. The molecule has 2 heterocycles. The molecule has 2 aliphatic rings. The van der Waals surface area contributed by atoms with E-state index in [2.05, 4.69) is 16.3 Å².